The van der Waals surface area contributed by atoms with Gasteiger partial charge in [0.2, 0.25) is 0 Å². The monoisotopic (exact) mass is 570 g/mol. The zero-order valence-corrected chi connectivity index (χ0v) is 23.8. The molecule has 10 heteroatoms. The second-order valence-electron chi connectivity index (χ2n) is 9.90. The maximum Gasteiger partial charge on any atom is 0.303 e. The van der Waals surface area contributed by atoms with Crippen molar-refractivity contribution in [3.8, 4) is 0 Å². The lowest BCUT2D eigenvalue weighted by molar-refractivity contribution is -0.237. The highest BCUT2D eigenvalue weighted by molar-refractivity contribution is 7.99. The molecule has 0 amide bonds. The van der Waals surface area contributed by atoms with Crippen LogP contribution in [0.5, 0.6) is 0 Å². The highest BCUT2D eigenvalue weighted by Gasteiger charge is 2.52. The number of carbonyl (C=O) groups is 4. The van der Waals surface area contributed by atoms with E-state index in [4.69, 9.17) is 23.7 Å². The molecule has 4 rings (SSSR count). The Kier molecular flexibility index (Phi) is 9.86. The van der Waals surface area contributed by atoms with Crippen molar-refractivity contribution in [1.29, 1.82) is 0 Å². The van der Waals surface area contributed by atoms with Gasteiger partial charge in [0.1, 0.15) is 18.1 Å². The van der Waals surface area contributed by atoms with Gasteiger partial charge >= 0.3 is 23.9 Å². The van der Waals surface area contributed by atoms with Crippen LogP contribution in [0.1, 0.15) is 63.1 Å². The number of carbonyl (C=O) groups excluding carboxylic acids is 4. The molecule has 214 valence electrons. The molecule has 2 aromatic rings. The number of fused-ring (bicyclic) bond motifs is 1. The predicted molar refractivity (Wildman–Crippen MR) is 145 cm³/mol. The first kappa shape index (κ1) is 29.6. The highest BCUT2D eigenvalue weighted by atomic mass is 32.2. The van der Waals surface area contributed by atoms with Gasteiger partial charge in [0, 0.05) is 38.5 Å². The van der Waals surface area contributed by atoms with E-state index in [1.165, 1.54) is 50.6 Å². The van der Waals surface area contributed by atoms with Crippen LogP contribution < -0.4 is 0 Å². The molecule has 40 heavy (non-hydrogen) atoms. The van der Waals surface area contributed by atoms with Gasteiger partial charge in [-0.15, -0.1) is 0 Å². The van der Waals surface area contributed by atoms with Crippen molar-refractivity contribution in [2.75, 3.05) is 6.61 Å². The van der Waals surface area contributed by atoms with E-state index in [9.17, 15) is 19.2 Å². The number of ether oxygens (including phenoxy) is 5. The van der Waals surface area contributed by atoms with Gasteiger partial charge in [-0.3, -0.25) is 19.2 Å². The molecule has 1 fully saturated rings. The maximum absolute atomic E-state index is 12.1. The first-order chi connectivity index (χ1) is 19.1. The zero-order chi connectivity index (χ0) is 28.8. The third-order valence-corrected chi connectivity index (χ3v) is 7.97. The van der Waals surface area contributed by atoms with Gasteiger partial charge in [0.25, 0.3) is 0 Å². The van der Waals surface area contributed by atoms with Crippen LogP contribution in [0.4, 0.5) is 0 Å². The van der Waals surface area contributed by atoms with Crippen molar-refractivity contribution >= 4 is 35.6 Å². The number of hydrogen-bond acceptors (Lipinski definition) is 10. The van der Waals surface area contributed by atoms with Crippen LogP contribution in [-0.4, -0.2) is 60.3 Å². The summed E-state index contributed by atoms with van der Waals surface area (Å²) in [6.07, 6.45) is -1.26. The summed E-state index contributed by atoms with van der Waals surface area (Å²) >= 11 is 1.29. The summed E-state index contributed by atoms with van der Waals surface area (Å²) in [7, 11) is 0. The van der Waals surface area contributed by atoms with Crippen LogP contribution in [0.15, 0.2) is 53.4 Å². The summed E-state index contributed by atoms with van der Waals surface area (Å²) in [6, 6.07) is 16.6. The topological polar surface area (TPSA) is 114 Å². The standard InChI is InChI=1S/C30H34O9S/c1-17(31)35-16-26-27(36-18(2)32)28(37-19(3)33)29(38-20(4)34)30(39-26)40-23-12-7-11-22(15-23)25-14-8-10-21-9-5-6-13-24(21)25/h5-7,9,11-13,15,25-30H,8,10,14,16H2,1-4H3/t25?,26?,27-,28?,29?,30+/m1/s1. The van der Waals surface area contributed by atoms with Crippen LogP contribution in [-0.2, 0) is 49.3 Å². The molecule has 4 unspecified atom stereocenters. The number of thioether (sulfide) groups is 1. The van der Waals surface area contributed by atoms with Crippen molar-refractivity contribution in [3.05, 3.63) is 65.2 Å². The predicted octanol–water partition coefficient (Wildman–Crippen LogP) is 4.33. The molecule has 1 aliphatic carbocycles. The Morgan fingerprint density at radius 1 is 0.825 bits per heavy atom. The molecule has 1 saturated heterocycles. The molecule has 1 aliphatic heterocycles. The van der Waals surface area contributed by atoms with E-state index < -0.39 is 53.7 Å². The second-order valence-corrected chi connectivity index (χ2v) is 11.1. The molecule has 0 radical (unpaired) electrons. The molecule has 9 nitrogen and oxygen atoms in total. The maximum atomic E-state index is 12.1. The summed E-state index contributed by atoms with van der Waals surface area (Å²) in [5.74, 6) is -2.24. The minimum atomic E-state index is -1.19. The molecule has 0 spiro atoms. The van der Waals surface area contributed by atoms with E-state index >= 15 is 0 Å². The van der Waals surface area contributed by atoms with E-state index in [1.807, 2.05) is 12.1 Å². The second kappa shape index (κ2) is 13.3. The molecule has 1 heterocycles. The fourth-order valence-corrected chi connectivity index (χ4v) is 6.49. The Morgan fingerprint density at radius 3 is 2.20 bits per heavy atom. The van der Waals surface area contributed by atoms with Gasteiger partial charge in [-0.05, 0) is 48.1 Å². The van der Waals surface area contributed by atoms with Crippen LogP contribution in [0, 0.1) is 0 Å². The molecule has 0 N–H and O–H groups in total. The lowest BCUT2D eigenvalue weighted by atomic mass is 9.79. The van der Waals surface area contributed by atoms with Crippen LogP contribution in [0.25, 0.3) is 0 Å². The fourth-order valence-electron chi connectivity index (χ4n) is 5.32. The molecule has 0 bridgehead atoms. The molecule has 2 aromatic carbocycles. The van der Waals surface area contributed by atoms with E-state index in [-0.39, 0.29) is 12.5 Å². The van der Waals surface area contributed by atoms with E-state index in [1.54, 1.807) is 0 Å². The van der Waals surface area contributed by atoms with Gasteiger partial charge in [0.15, 0.2) is 18.3 Å². The summed E-state index contributed by atoms with van der Waals surface area (Å²) in [4.78, 5) is 48.6. The van der Waals surface area contributed by atoms with Gasteiger partial charge in [-0.2, -0.15) is 0 Å². The summed E-state index contributed by atoms with van der Waals surface area (Å²) in [6.45, 7) is 4.63. The number of aryl methyl sites for hydroxylation is 1. The SMILES string of the molecule is CC(=O)OCC1O[C@@H](Sc2cccc(C3CCCc4ccccc43)c2)C(OC(C)=O)C(OC(C)=O)[C@@H]1OC(C)=O. The normalized spacial score (nSPS) is 25.7. The van der Waals surface area contributed by atoms with Gasteiger partial charge in [-0.25, -0.2) is 0 Å². The average molecular weight is 571 g/mol. The summed E-state index contributed by atoms with van der Waals surface area (Å²) in [5.41, 5.74) is 2.97. The van der Waals surface area contributed by atoms with Crippen LogP contribution >= 0.6 is 11.8 Å². The molecule has 0 aromatic heterocycles. The first-order valence-electron chi connectivity index (χ1n) is 13.3. The molecule has 2 aliphatic rings. The van der Waals surface area contributed by atoms with E-state index in [0.29, 0.717) is 0 Å². The largest absolute Gasteiger partial charge is 0.463 e. The Morgan fingerprint density at radius 2 is 1.50 bits per heavy atom. The minimum absolute atomic E-state index is 0.251. The number of benzene rings is 2. The lowest BCUT2D eigenvalue weighted by Gasteiger charge is -2.44. The molecule has 6 atom stereocenters. The smallest absolute Gasteiger partial charge is 0.303 e. The summed E-state index contributed by atoms with van der Waals surface area (Å²) < 4.78 is 28.1. The quantitative estimate of drug-likeness (QED) is 0.336. The van der Waals surface area contributed by atoms with Crippen molar-refractivity contribution in [2.45, 2.75) is 87.6 Å². The Bertz CT molecular complexity index is 1250. The fraction of sp³-hybridized carbons (Fsp3) is 0.467. The average Bonchev–Trinajstić information content (AvgIpc) is 2.90. The van der Waals surface area contributed by atoms with Crippen molar-refractivity contribution in [1.82, 2.24) is 0 Å². The van der Waals surface area contributed by atoms with Gasteiger partial charge in [-0.1, -0.05) is 48.2 Å². The third kappa shape index (κ3) is 7.42. The number of rotatable bonds is 8. The molecular formula is C30H34O9S. The van der Waals surface area contributed by atoms with Gasteiger partial charge < -0.3 is 23.7 Å². The Hall–Kier alpha value is -3.37. The minimum Gasteiger partial charge on any atom is -0.463 e. The third-order valence-electron chi connectivity index (χ3n) is 6.83. The van der Waals surface area contributed by atoms with E-state index in [0.717, 1.165) is 29.7 Å². The summed E-state index contributed by atoms with van der Waals surface area (Å²) in [5, 5.41) is 0. The number of hydrogen-bond donors (Lipinski definition) is 0. The van der Waals surface area contributed by atoms with Crippen LogP contribution in [0.2, 0.25) is 0 Å². The lowest BCUT2D eigenvalue weighted by Crippen LogP contribution is -2.61. The Labute approximate surface area is 237 Å². The Balaban J connectivity index is 1.67. The molecular weight excluding hydrogens is 536 g/mol. The van der Waals surface area contributed by atoms with Crippen molar-refractivity contribution in [2.24, 2.45) is 0 Å². The molecule has 0 saturated carbocycles. The highest BCUT2D eigenvalue weighted by Crippen LogP contribution is 2.41. The van der Waals surface area contributed by atoms with Gasteiger partial charge in [0.05, 0.1) is 0 Å². The van der Waals surface area contributed by atoms with Crippen LogP contribution in [0.3, 0.4) is 0 Å². The van der Waals surface area contributed by atoms with E-state index in [2.05, 4.69) is 36.4 Å². The van der Waals surface area contributed by atoms with Crippen molar-refractivity contribution in [3.63, 3.8) is 0 Å². The number of esters is 4. The first-order valence-corrected chi connectivity index (χ1v) is 14.1. The van der Waals surface area contributed by atoms with Crippen molar-refractivity contribution < 1.29 is 42.9 Å². The zero-order valence-electron chi connectivity index (χ0n) is 23.0.